The number of carbonyl (C=O) groups excluding carboxylic acids is 2. The molecule has 1 atom stereocenters. The minimum atomic E-state index is -0.297. The Labute approximate surface area is 174 Å². The molecule has 6 nitrogen and oxygen atoms in total. The minimum absolute atomic E-state index is 0.0781. The largest absolute Gasteiger partial charge is 0.467 e. The van der Waals surface area contributed by atoms with E-state index in [1.54, 1.807) is 42.7 Å². The van der Waals surface area contributed by atoms with Crippen LogP contribution in [0.3, 0.4) is 0 Å². The van der Waals surface area contributed by atoms with Crippen LogP contribution in [0.25, 0.3) is 0 Å². The molecule has 0 spiro atoms. The highest BCUT2D eigenvalue weighted by molar-refractivity contribution is 6.31. The zero-order valence-electron chi connectivity index (χ0n) is 15.9. The van der Waals surface area contributed by atoms with Gasteiger partial charge in [-0.3, -0.25) is 9.59 Å². The van der Waals surface area contributed by atoms with E-state index in [9.17, 15) is 9.59 Å². The summed E-state index contributed by atoms with van der Waals surface area (Å²) in [6, 6.07) is 17.8. The number of rotatable bonds is 8. The summed E-state index contributed by atoms with van der Waals surface area (Å²) in [5.41, 5.74) is 1.74. The zero-order valence-corrected chi connectivity index (χ0v) is 16.7. The lowest BCUT2D eigenvalue weighted by Gasteiger charge is -2.16. The van der Waals surface area contributed by atoms with Gasteiger partial charge in [-0.25, -0.2) is 0 Å². The fraction of sp³-hybridized carbons (Fsp3) is 0.182. The van der Waals surface area contributed by atoms with E-state index in [2.05, 4.69) is 16.0 Å². The Balaban J connectivity index is 1.57. The molecule has 0 bridgehead atoms. The van der Waals surface area contributed by atoms with Gasteiger partial charge in [0.2, 0.25) is 5.91 Å². The maximum atomic E-state index is 12.5. The topological polar surface area (TPSA) is 83.4 Å². The van der Waals surface area contributed by atoms with E-state index in [4.69, 9.17) is 16.0 Å². The Morgan fingerprint density at radius 2 is 1.79 bits per heavy atom. The van der Waals surface area contributed by atoms with E-state index in [-0.39, 0.29) is 30.9 Å². The first kappa shape index (κ1) is 20.6. The van der Waals surface area contributed by atoms with Gasteiger partial charge in [0, 0.05) is 11.1 Å². The second-order valence-electron chi connectivity index (χ2n) is 6.48. The number of carbonyl (C=O) groups is 2. The zero-order chi connectivity index (χ0) is 20.6. The first-order chi connectivity index (χ1) is 14.0. The predicted molar refractivity (Wildman–Crippen MR) is 113 cm³/mol. The Hall–Kier alpha value is -3.09. The molecule has 1 heterocycles. The maximum absolute atomic E-state index is 12.5. The third-order valence-corrected chi connectivity index (χ3v) is 4.73. The van der Waals surface area contributed by atoms with Crippen molar-refractivity contribution in [1.29, 1.82) is 0 Å². The van der Waals surface area contributed by atoms with Crippen LogP contribution < -0.4 is 16.0 Å². The highest BCUT2D eigenvalue weighted by Gasteiger charge is 2.15. The number of anilines is 1. The number of hydrogen-bond donors (Lipinski definition) is 3. The Kier molecular flexibility index (Phi) is 7.05. The molecule has 2 aromatic carbocycles. The molecule has 0 radical (unpaired) electrons. The van der Waals surface area contributed by atoms with Gasteiger partial charge in [-0.2, -0.15) is 0 Å². The summed E-state index contributed by atoms with van der Waals surface area (Å²) < 4.78 is 5.21. The smallest absolute Gasteiger partial charge is 0.253 e. The fourth-order valence-corrected chi connectivity index (χ4v) is 3.14. The van der Waals surface area contributed by atoms with Gasteiger partial charge in [0.25, 0.3) is 5.91 Å². The molecular weight excluding hydrogens is 390 g/mol. The number of nitrogens with one attached hydrogen (secondary N) is 3. The van der Waals surface area contributed by atoms with Crippen molar-refractivity contribution in [1.82, 2.24) is 10.6 Å². The van der Waals surface area contributed by atoms with Crippen LogP contribution in [-0.2, 0) is 11.3 Å². The summed E-state index contributed by atoms with van der Waals surface area (Å²) in [6.07, 6.45) is 1.55. The number of para-hydroxylation sites is 1. The van der Waals surface area contributed by atoms with E-state index in [0.717, 1.165) is 5.56 Å². The molecule has 0 aliphatic heterocycles. The van der Waals surface area contributed by atoms with Crippen molar-refractivity contribution in [2.75, 3.05) is 11.9 Å². The van der Waals surface area contributed by atoms with Crippen LogP contribution in [-0.4, -0.2) is 18.4 Å². The van der Waals surface area contributed by atoms with Crippen LogP contribution in [0, 0.1) is 0 Å². The van der Waals surface area contributed by atoms with Gasteiger partial charge >= 0.3 is 0 Å². The minimum Gasteiger partial charge on any atom is -0.467 e. The molecule has 3 rings (SSSR count). The lowest BCUT2D eigenvalue weighted by molar-refractivity contribution is -0.115. The average Bonchev–Trinajstić information content (AvgIpc) is 3.25. The van der Waals surface area contributed by atoms with Crippen LogP contribution in [0.2, 0.25) is 5.02 Å². The molecule has 29 heavy (non-hydrogen) atoms. The van der Waals surface area contributed by atoms with Crippen LogP contribution in [0.4, 0.5) is 5.69 Å². The summed E-state index contributed by atoms with van der Waals surface area (Å²) in [7, 11) is 0. The number of halogens is 1. The van der Waals surface area contributed by atoms with Gasteiger partial charge in [-0.15, -0.1) is 0 Å². The van der Waals surface area contributed by atoms with Crippen LogP contribution in [0.5, 0.6) is 0 Å². The molecule has 0 saturated carbocycles. The molecule has 0 saturated heterocycles. The second kappa shape index (κ2) is 9.91. The quantitative estimate of drug-likeness (QED) is 0.520. The lowest BCUT2D eigenvalue weighted by atomic mass is 10.1. The summed E-state index contributed by atoms with van der Waals surface area (Å²) in [4.78, 5) is 24.9. The molecule has 0 unspecified atom stereocenters. The van der Waals surface area contributed by atoms with E-state index >= 15 is 0 Å². The van der Waals surface area contributed by atoms with Gasteiger partial charge in [-0.05, 0) is 42.8 Å². The molecular formula is C22H22ClN3O3. The molecule has 3 N–H and O–H groups in total. The first-order valence-corrected chi connectivity index (χ1v) is 9.59. The third kappa shape index (κ3) is 5.70. The monoisotopic (exact) mass is 411 g/mol. The third-order valence-electron chi connectivity index (χ3n) is 4.39. The molecule has 0 aliphatic rings. The number of hydrogen-bond acceptors (Lipinski definition) is 4. The van der Waals surface area contributed by atoms with Gasteiger partial charge < -0.3 is 20.4 Å². The summed E-state index contributed by atoms with van der Waals surface area (Å²) >= 11 is 6.19. The predicted octanol–water partition coefficient (Wildman–Crippen LogP) is 4.15. The van der Waals surface area contributed by atoms with Crippen LogP contribution in [0.15, 0.2) is 71.3 Å². The normalized spacial score (nSPS) is 11.7. The average molecular weight is 412 g/mol. The standard InChI is InChI=1S/C22H22ClN3O3/c1-15(17-8-2-4-10-19(17)23)24-14-21(27)26-20-11-5-3-9-18(20)22(28)25-13-16-7-6-12-29-16/h2-12,15,24H,13-14H2,1H3,(H,25,28)(H,26,27)/t15-/m0/s1. The Morgan fingerprint density at radius 3 is 2.55 bits per heavy atom. The van der Waals surface area contributed by atoms with Gasteiger partial charge in [-0.1, -0.05) is 41.9 Å². The van der Waals surface area contributed by atoms with Gasteiger partial charge in [0.1, 0.15) is 5.76 Å². The first-order valence-electron chi connectivity index (χ1n) is 9.22. The van der Waals surface area contributed by atoms with Crippen molar-refractivity contribution in [3.05, 3.63) is 88.8 Å². The fourth-order valence-electron chi connectivity index (χ4n) is 2.84. The Morgan fingerprint density at radius 1 is 1.03 bits per heavy atom. The van der Waals surface area contributed by atoms with Crippen molar-refractivity contribution < 1.29 is 14.0 Å². The van der Waals surface area contributed by atoms with Crippen molar-refractivity contribution in [2.24, 2.45) is 0 Å². The number of amides is 2. The molecule has 1 aromatic heterocycles. The highest BCUT2D eigenvalue weighted by atomic mass is 35.5. The van der Waals surface area contributed by atoms with E-state index < -0.39 is 0 Å². The summed E-state index contributed by atoms with van der Waals surface area (Å²) in [6.45, 7) is 2.28. The number of furan rings is 1. The van der Waals surface area contributed by atoms with Crippen LogP contribution >= 0.6 is 11.6 Å². The SMILES string of the molecule is C[C@H](NCC(=O)Nc1ccccc1C(=O)NCc1ccco1)c1ccccc1Cl. The molecule has 3 aromatic rings. The summed E-state index contributed by atoms with van der Waals surface area (Å²) in [5.74, 6) is 0.0995. The number of benzene rings is 2. The van der Waals surface area contributed by atoms with Gasteiger partial charge in [0.05, 0.1) is 30.6 Å². The van der Waals surface area contributed by atoms with Crippen LogP contribution in [0.1, 0.15) is 34.6 Å². The van der Waals surface area contributed by atoms with Gasteiger partial charge in [0.15, 0.2) is 0 Å². The second-order valence-corrected chi connectivity index (χ2v) is 6.89. The van der Waals surface area contributed by atoms with E-state index in [1.165, 1.54) is 0 Å². The van der Waals surface area contributed by atoms with Crippen molar-refractivity contribution in [3.8, 4) is 0 Å². The molecule has 7 heteroatoms. The maximum Gasteiger partial charge on any atom is 0.253 e. The summed E-state index contributed by atoms with van der Waals surface area (Å²) in [5, 5.41) is 9.35. The van der Waals surface area contributed by atoms with Crippen molar-refractivity contribution in [2.45, 2.75) is 19.5 Å². The lowest BCUT2D eigenvalue weighted by Crippen LogP contribution is -2.31. The molecule has 0 aliphatic carbocycles. The van der Waals surface area contributed by atoms with E-state index in [0.29, 0.717) is 22.0 Å². The van der Waals surface area contributed by atoms with Crippen molar-refractivity contribution >= 4 is 29.1 Å². The molecule has 0 fully saturated rings. The highest BCUT2D eigenvalue weighted by Crippen LogP contribution is 2.22. The molecule has 2 amide bonds. The van der Waals surface area contributed by atoms with E-state index in [1.807, 2.05) is 31.2 Å². The van der Waals surface area contributed by atoms with Crippen molar-refractivity contribution in [3.63, 3.8) is 0 Å². The molecule has 150 valence electrons. The Bertz CT molecular complexity index is 973.